The second kappa shape index (κ2) is 9.64. The van der Waals surface area contributed by atoms with Gasteiger partial charge in [-0.15, -0.1) is 12.4 Å². The number of fused-ring (bicyclic) bond motifs is 2. The number of aromatic nitrogens is 1. The molecular weight excluding hydrogens is 422 g/mol. The predicted octanol–water partition coefficient (Wildman–Crippen LogP) is 4.40. The molecule has 4 rings (SSSR count). The number of carbonyl (C=O) groups is 1. The molecule has 0 bridgehead atoms. The Kier molecular flexibility index (Phi) is 7.18. The highest BCUT2D eigenvalue weighted by molar-refractivity contribution is 7.22. The maximum Gasteiger partial charge on any atom is 0.260 e. The molecule has 1 aromatic heterocycles. The largest absolute Gasteiger partial charge is 0.486 e. The fraction of sp³-hybridized carbons (Fsp3) is 0.364. The van der Waals surface area contributed by atoms with Crippen molar-refractivity contribution >= 4 is 45.0 Å². The lowest BCUT2D eigenvalue weighted by Gasteiger charge is -2.23. The number of anilines is 1. The van der Waals surface area contributed by atoms with E-state index in [1.807, 2.05) is 39.2 Å². The lowest BCUT2D eigenvalue weighted by atomic mass is 10.1. The zero-order valence-corrected chi connectivity index (χ0v) is 19.0. The average Bonchev–Trinajstić information content (AvgIpc) is 3.15. The van der Waals surface area contributed by atoms with E-state index in [1.54, 1.807) is 28.4 Å². The quantitative estimate of drug-likeness (QED) is 0.560. The molecule has 0 N–H and O–H groups in total. The fourth-order valence-corrected chi connectivity index (χ4v) is 4.42. The van der Waals surface area contributed by atoms with Gasteiger partial charge < -0.3 is 14.4 Å². The van der Waals surface area contributed by atoms with Crippen LogP contribution in [-0.4, -0.2) is 56.2 Å². The average molecular weight is 448 g/mol. The summed E-state index contributed by atoms with van der Waals surface area (Å²) in [6.45, 7) is 4.57. The van der Waals surface area contributed by atoms with Crippen molar-refractivity contribution in [1.29, 1.82) is 0 Å². The Morgan fingerprint density at radius 3 is 2.60 bits per heavy atom. The molecular formula is C22H26ClN3O3S. The van der Waals surface area contributed by atoms with Crippen LogP contribution < -0.4 is 14.4 Å². The third kappa shape index (κ3) is 4.69. The van der Waals surface area contributed by atoms with E-state index in [4.69, 9.17) is 14.5 Å². The molecule has 0 saturated heterocycles. The van der Waals surface area contributed by atoms with Gasteiger partial charge in [0.15, 0.2) is 16.6 Å². The van der Waals surface area contributed by atoms with Crippen LogP contribution in [0.2, 0.25) is 0 Å². The van der Waals surface area contributed by atoms with Gasteiger partial charge in [-0.05, 0) is 63.8 Å². The molecule has 1 amide bonds. The highest BCUT2D eigenvalue weighted by Gasteiger charge is 2.23. The van der Waals surface area contributed by atoms with E-state index >= 15 is 0 Å². The minimum Gasteiger partial charge on any atom is -0.486 e. The van der Waals surface area contributed by atoms with Crippen molar-refractivity contribution in [1.82, 2.24) is 9.88 Å². The number of benzene rings is 2. The Labute approximate surface area is 186 Å². The molecule has 1 aliphatic rings. The second-order valence-electron chi connectivity index (χ2n) is 7.39. The molecule has 0 atom stereocenters. The first-order chi connectivity index (χ1) is 14.0. The van der Waals surface area contributed by atoms with Gasteiger partial charge >= 0.3 is 0 Å². The third-order valence-electron chi connectivity index (χ3n) is 4.86. The van der Waals surface area contributed by atoms with Crippen molar-refractivity contribution < 1.29 is 14.3 Å². The maximum absolute atomic E-state index is 13.5. The second-order valence-corrected chi connectivity index (χ2v) is 8.40. The molecule has 2 aromatic carbocycles. The van der Waals surface area contributed by atoms with Crippen LogP contribution in [0.15, 0.2) is 36.4 Å². The van der Waals surface area contributed by atoms with Crippen molar-refractivity contribution in [2.24, 2.45) is 0 Å². The molecule has 0 aliphatic carbocycles. The van der Waals surface area contributed by atoms with E-state index in [2.05, 4.69) is 11.0 Å². The van der Waals surface area contributed by atoms with Crippen molar-refractivity contribution in [2.45, 2.75) is 13.3 Å². The SMILES string of the molecule is Cc1cccc2sc(N(CCCN(C)C)C(=O)c3ccc4c(c3)OCCO4)nc12.Cl. The number of halogens is 1. The molecule has 0 fully saturated rings. The first-order valence-electron chi connectivity index (χ1n) is 9.75. The van der Waals surface area contributed by atoms with Crippen LogP contribution in [0.1, 0.15) is 22.3 Å². The van der Waals surface area contributed by atoms with Crippen molar-refractivity contribution in [3.63, 3.8) is 0 Å². The van der Waals surface area contributed by atoms with Crippen molar-refractivity contribution in [2.75, 3.05) is 45.3 Å². The summed E-state index contributed by atoms with van der Waals surface area (Å²) in [5.74, 6) is 1.23. The van der Waals surface area contributed by atoms with Gasteiger partial charge in [0.2, 0.25) is 0 Å². The molecule has 1 aliphatic heterocycles. The van der Waals surface area contributed by atoms with Crippen LogP contribution in [-0.2, 0) is 0 Å². The van der Waals surface area contributed by atoms with Crippen molar-refractivity contribution in [3.05, 3.63) is 47.5 Å². The summed E-state index contributed by atoms with van der Waals surface area (Å²) in [6, 6.07) is 11.5. The standard InChI is InChI=1S/C22H25N3O3S.ClH/c1-15-6-4-7-19-20(15)23-22(29-19)25(11-5-10-24(2)3)21(26)16-8-9-17-18(14-16)28-13-12-27-17;/h4,6-9,14H,5,10-13H2,1-3H3;1H. The Bertz CT molecular complexity index is 1040. The van der Waals surface area contributed by atoms with Crippen LogP contribution in [0.5, 0.6) is 11.5 Å². The Morgan fingerprint density at radius 1 is 1.10 bits per heavy atom. The zero-order chi connectivity index (χ0) is 20.4. The number of thiazole rings is 1. The Balaban J connectivity index is 0.00000256. The van der Waals surface area contributed by atoms with Gasteiger partial charge in [-0.1, -0.05) is 23.5 Å². The summed E-state index contributed by atoms with van der Waals surface area (Å²) in [5, 5.41) is 0.730. The number of carbonyl (C=O) groups excluding carboxylic acids is 1. The molecule has 0 spiro atoms. The summed E-state index contributed by atoms with van der Waals surface area (Å²) in [5.41, 5.74) is 2.65. The first-order valence-corrected chi connectivity index (χ1v) is 10.6. The van der Waals surface area contributed by atoms with E-state index in [9.17, 15) is 4.79 Å². The lowest BCUT2D eigenvalue weighted by Crippen LogP contribution is -2.33. The van der Waals surface area contributed by atoms with Gasteiger partial charge in [0.1, 0.15) is 13.2 Å². The number of hydrogen-bond acceptors (Lipinski definition) is 6. The normalized spacial score (nSPS) is 12.7. The van der Waals surface area contributed by atoms with Crippen LogP contribution in [0.3, 0.4) is 0 Å². The highest BCUT2D eigenvalue weighted by Crippen LogP contribution is 2.34. The molecule has 0 saturated carbocycles. The molecule has 30 heavy (non-hydrogen) atoms. The minimum atomic E-state index is -0.0718. The number of nitrogens with zero attached hydrogens (tertiary/aromatic N) is 3. The zero-order valence-electron chi connectivity index (χ0n) is 17.4. The molecule has 0 unspecified atom stereocenters. The number of para-hydroxylation sites is 1. The lowest BCUT2D eigenvalue weighted by molar-refractivity contribution is 0.0984. The minimum absolute atomic E-state index is 0. The fourth-order valence-electron chi connectivity index (χ4n) is 3.35. The molecule has 8 heteroatoms. The molecule has 3 aromatic rings. The predicted molar refractivity (Wildman–Crippen MR) is 124 cm³/mol. The van der Waals surface area contributed by atoms with E-state index in [0.717, 1.165) is 33.9 Å². The summed E-state index contributed by atoms with van der Waals surface area (Å²) in [7, 11) is 4.07. The molecule has 160 valence electrons. The smallest absolute Gasteiger partial charge is 0.260 e. The van der Waals surface area contributed by atoms with Gasteiger partial charge in [-0.25, -0.2) is 4.98 Å². The number of aryl methyl sites for hydroxylation is 1. The van der Waals surface area contributed by atoms with Gasteiger partial charge in [0.05, 0.1) is 10.2 Å². The molecule has 6 nitrogen and oxygen atoms in total. The molecule has 0 radical (unpaired) electrons. The number of hydrogen-bond donors (Lipinski definition) is 0. The number of ether oxygens (including phenoxy) is 2. The first kappa shape index (κ1) is 22.3. The monoisotopic (exact) mass is 447 g/mol. The highest BCUT2D eigenvalue weighted by atomic mass is 35.5. The van der Waals surface area contributed by atoms with Gasteiger partial charge in [0.25, 0.3) is 5.91 Å². The summed E-state index contributed by atoms with van der Waals surface area (Å²) < 4.78 is 12.3. The number of rotatable bonds is 6. The number of amides is 1. The van der Waals surface area contributed by atoms with Crippen molar-refractivity contribution in [3.8, 4) is 11.5 Å². The van der Waals surface area contributed by atoms with E-state index in [-0.39, 0.29) is 18.3 Å². The van der Waals surface area contributed by atoms with E-state index in [0.29, 0.717) is 36.8 Å². The Hall–Kier alpha value is -2.35. The van der Waals surface area contributed by atoms with Crippen LogP contribution >= 0.6 is 23.7 Å². The van der Waals surface area contributed by atoms with Gasteiger partial charge in [0, 0.05) is 12.1 Å². The van der Waals surface area contributed by atoms with E-state index < -0.39 is 0 Å². The van der Waals surface area contributed by atoms with E-state index in [1.165, 1.54) is 0 Å². The summed E-state index contributed by atoms with van der Waals surface area (Å²) in [4.78, 5) is 22.2. The molecule has 2 heterocycles. The van der Waals surface area contributed by atoms with Gasteiger partial charge in [-0.2, -0.15) is 0 Å². The topological polar surface area (TPSA) is 54.9 Å². The summed E-state index contributed by atoms with van der Waals surface area (Å²) >= 11 is 1.55. The third-order valence-corrected chi connectivity index (χ3v) is 5.91. The van der Waals surface area contributed by atoms with Gasteiger partial charge in [-0.3, -0.25) is 9.69 Å². The van der Waals surface area contributed by atoms with Crippen LogP contribution in [0.4, 0.5) is 5.13 Å². The van der Waals surface area contributed by atoms with Crippen LogP contribution in [0.25, 0.3) is 10.2 Å². The summed E-state index contributed by atoms with van der Waals surface area (Å²) in [6.07, 6.45) is 0.859. The Morgan fingerprint density at radius 2 is 1.87 bits per heavy atom. The maximum atomic E-state index is 13.5. The van der Waals surface area contributed by atoms with Crippen LogP contribution in [0, 0.1) is 6.92 Å².